The van der Waals surface area contributed by atoms with E-state index in [4.69, 9.17) is 4.42 Å². The van der Waals surface area contributed by atoms with E-state index in [0.29, 0.717) is 0 Å². The molecule has 1 unspecified atom stereocenters. The lowest BCUT2D eigenvalue weighted by Gasteiger charge is -2.10. The number of aliphatic hydroxyl groups excluding tert-OH is 1. The van der Waals surface area contributed by atoms with Gasteiger partial charge in [0, 0.05) is 16.3 Å². The molecule has 3 aromatic rings. The van der Waals surface area contributed by atoms with Gasteiger partial charge in [0.15, 0.2) is 0 Å². The maximum atomic E-state index is 12.8. The quantitative estimate of drug-likeness (QED) is 0.609. The summed E-state index contributed by atoms with van der Waals surface area (Å²) in [4.78, 5) is 14.4. The monoisotopic (exact) mass is 377 g/mol. The Balaban J connectivity index is 1.46. The number of carbonyl (C=O) groups is 1. The average molecular weight is 377 g/mol. The third kappa shape index (κ3) is 4.94. The van der Waals surface area contributed by atoms with Gasteiger partial charge in [0.1, 0.15) is 17.7 Å². The summed E-state index contributed by atoms with van der Waals surface area (Å²) < 4.78 is 18.2. The number of hydrogen-bond donors (Lipinski definition) is 2. The summed E-state index contributed by atoms with van der Waals surface area (Å²) >= 11 is 2.74. The van der Waals surface area contributed by atoms with E-state index in [-0.39, 0.29) is 24.0 Å². The van der Waals surface area contributed by atoms with Crippen molar-refractivity contribution in [3.63, 3.8) is 0 Å². The van der Waals surface area contributed by atoms with Crippen LogP contribution in [0.25, 0.3) is 10.6 Å². The molecule has 1 amide bonds. The number of carbonyl (C=O) groups excluding carboxylic acids is 1. The Morgan fingerprint density at radius 3 is 2.76 bits per heavy atom. The molecule has 2 aromatic heterocycles. The van der Waals surface area contributed by atoms with Crippen molar-refractivity contribution in [1.29, 1.82) is 0 Å². The Bertz CT molecular complexity index is 815. The number of thioether (sulfide) groups is 1. The van der Waals surface area contributed by atoms with Gasteiger partial charge in [0.25, 0.3) is 0 Å². The predicted octanol–water partition coefficient (Wildman–Crippen LogP) is 4.09. The number of rotatable bonds is 7. The summed E-state index contributed by atoms with van der Waals surface area (Å²) in [6, 6.07) is 13.4. The molecule has 4 nitrogen and oxygen atoms in total. The highest BCUT2D eigenvalue weighted by atomic mass is 32.2. The molecule has 25 heavy (non-hydrogen) atoms. The molecule has 7 heteroatoms. The Morgan fingerprint density at radius 2 is 2.04 bits per heavy atom. The van der Waals surface area contributed by atoms with Crippen molar-refractivity contribution < 1.29 is 18.7 Å². The first kappa shape index (κ1) is 17.7. The third-order valence-corrected chi connectivity index (χ3v) is 5.61. The van der Waals surface area contributed by atoms with Gasteiger partial charge >= 0.3 is 0 Å². The topological polar surface area (TPSA) is 62.5 Å². The van der Waals surface area contributed by atoms with Gasteiger partial charge in [0.05, 0.1) is 16.9 Å². The fourth-order valence-electron chi connectivity index (χ4n) is 2.12. The first-order chi connectivity index (χ1) is 12.1. The van der Waals surface area contributed by atoms with E-state index in [0.717, 1.165) is 20.4 Å². The zero-order valence-electron chi connectivity index (χ0n) is 13.1. The van der Waals surface area contributed by atoms with Crippen molar-refractivity contribution >= 4 is 29.0 Å². The highest BCUT2D eigenvalue weighted by Crippen LogP contribution is 2.31. The van der Waals surface area contributed by atoms with Crippen molar-refractivity contribution in [3.05, 3.63) is 65.5 Å². The van der Waals surface area contributed by atoms with E-state index in [1.165, 1.54) is 35.2 Å². The Labute approximate surface area is 152 Å². The minimum absolute atomic E-state index is 0.140. The van der Waals surface area contributed by atoms with Gasteiger partial charge in [-0.1, -0.05) is 0 Å². The number of aliphatic hydroxyl groups is 1. The van der Waals surface area contributed by atoms with Gasteiger partial charge in [0.2, 0.25) is 5.91 Å². The fraction of sp³-hybridized carbons (Fsp3) is 0.167. The largest absolute Gasteiger partial charge is 0.464 e. The van der Waals surface area contributed by atoms with Crippen molar-refractivity contribution in [2.75, 3.05) is 12.3 Å². The van der Waals surface area contributed by atoms with Crippen LogP contribution in [0.15, 0.2) is 64.1 Å². The molecule has 2 N–H and O–H groups in total. The van der Waals surface area contributed by atoms with Crippen LogP contribution < -0.4 is 5.32 Å². The van der Waals surface area contributed by atoms with E-state index >= 15 is 0 Å². The average Bonchev–Trinajstić information content (AvgIpc) is 3.30. The smallest absolute Gasteiger partial charge is 0.230 e. The van der Waals surface area contributed by atoms with Gasteiger partial charge < -0.3 is 14.8 Å². The number of hydrogen-bond acceptors (Lipinski definition) is 5. The van der Waals surface area contributed by atoms with E-state index in [2.05, 4.69) is 5.32 Å². The zero-order chi connectivity index (χ0) is 17.6. The Hall–Kier alpha value is -2.09. The minimum Gasteiger partial charge on any atom is -0.464 e. The lowest BCUT2D eigenvalue weighted by atomic mass is 10.3. The maximum Gasteiger partial charge on any atom is 0.230 e. The van der Waals surface area contributed by atoms with Crippen LogP contribution in [0.5, 0.6) is 0 Å². The molecule has 1 atom stereocenters. The third-order valence-electron chi connectivity index (χ3n) is 3.40. The normalized spacial score (nSPS) is 12.1. The number of furan rings is 1. The molecule has 0 aliphatic heterocycles. The second kappa shape index (κ2) is 8.33. The van der Waals surface area contributed by atoms with Crippen molar-refractivity contribution in [1.82, 2.24) is 5.32 Å². The number of benzene rings is 1. The van der Waals surface area contributed by atoms with Crippen LogP contribution in [0.1, 0.15) is 11.0 Å². The SMILES string of the molecule is O=C(CSc1ccc(F)cc1)NCC(O)c1ccc(-c2ccco2)s1. The zero-order valence-corrected chi connectivity index (χ0v) is 14.8. The second-order valence-electron chi connectivity index (χ2n) is 5.24. The lowest BCUT2D eigenvalue weighted by molar-refractivity contribution is -0.119. The second-order valence-corrected chi connectivity index (χ2v) is 7.41. The molecule has 0 aliphatic carbocycles. The molecule has 130 valence electrons. The van der Waals surface area contributed by atoms with Crippen LogP contribution in [-0.2, 0) is 4.79 Å². The van der Waals surface area contributed by atoms with Gasteiger partial charge in [-0.25, -0.2) is 4.39 Å². The summed E-state index contributed by atoms with van der Waals surface area (Å²) in [6.45, 7) is 0.140. The van der Waals surface area contributed by atoms with Gasteiger partial charge in [-0.15, -0.1) is 23.1 Å². The molecule has 1 aromatic carbocycles. The first-order valence-corrected chi connectivity index (χ1v) is 9.39. The van der Waals surface area contributed by atoms with Gasteiger partial charge in [-0.05, 0) is 48.5 Å². The highest BCUT2D eigenvalue weighted by Gasteiger charge is 2.14. The van der Waals surface area contributed by atoms with Crippen LogP contribution in [0.3, 0.4) is 0 Å². The maximum absolute atomic E-state index is 12.8. The molecule has 2 heterocycles. The summed E-state index contributed by atoms with van der Waals surface area (Å²) in [6.07, 6.45) is 0.831. The Morgan fingerprint density at radius 1 is 1.24 bits per heavy atom. The molecule has 0 saturated heterocycles. The molecule has 0 radical (unpaired) electrons. The molecule has 0 fully saturated rings. The number of halogens is 1. The predicted molar refractivity (Wildman–Crippen MR) is 97.1 cm³/mol. The standard InChI is InChI=1S/C18H16FNO3S2/c19-12-3-5-13(6-4-12)24-11-18(22)20-10-14(21)16-7-8-17(25-16)15-2-1-9-23-15/h1-9,14,21H,10-11H2,(H,20,22). The molecule has 0 saturated carbocycles. The molecule has 0 bridgehead atoms. The van der Waals surface area contributed by atoms with Crippen LogP contribution in [-0.4, -0.2) is 23.3 Å². The van der Waals surface area contributed by atoms with Crippen molar-refractivity contribution in [2.45, 2.75) is 11.0 Å². The Kier molecular flexibility index (Phi) is 5.91. The summed E-state index contributed by atoms with van der Waals surface area (Å²) in [5.74, 6) is 0.474. The molecule has 0 aliphatic rings. The van der Waals surface area contributed by atoms with Gasteiger partial charge in [-0.3, -0.25) is 4.79 Å². The summed E-state index contributed by atoms with van der Waals surface area (Å²) in [7, 11) is 0. The van der Waals surface area contributed by atoms with Crippen LogP contribution >= 0.6 is 23.1 Å². The lowest BCUT2D eigenvalue weighted by Crippen LogP contribution is -2.29. The van der Waals surface area contributed by atoms with E-state index in [9.17, 15) is 14.3 Å². The van der Waals surface area contributed by atoms with E-state index in [1.807, 2.05) is 24.3 Å². The first-order valence-electron chi connectivity index (χ1n) is 7.58. The molecular formula is C18H16FNO3S2. The van der Waals surface area contributed by atoms with Crippen molar-refractivity contribution in [2.24, 2.45) is 0 Å². The molecular weight excluding hydrogens is 361 g/mol. The number of amides is 1. The van der Waals surface area contributed by atoms with Crippen LogP contribution in [0.2, 0.25) is 0 Å². The minimum atomic E-state index is -0.770. The van der Waals surface area contributed by atoms with E-state index < -0.39 is 6.10 Å². The molecule has 0 spiro atoms. The highest BCUT2D eigenvalue weighted by molar-refractivity contribution is 8.00. The van der Waals surface area contributed by atoms with Crippen LogP contribution in [0.4, 0.5) is 4.39 Å². The summed E-state index contributed by atoms with van der Waals surface area (Å²) in [5.41, 5.74) is 0. The summed E-state index contributed by atoms with van der Waals surface area (Å²) in [5, 5.41) is 12.9. The number of nitrogens with one attached hydrogen (secondary N) is 1. The van der Waals surface area contributed by atoms with Gasteiger partial charge in [-0.2, -0.15) is 0 Å². The van der Waals surface area contributed by atoms with Crippen molar-refractivity contribution in [3.8, 4) is 10.6 Å². The van der Waals surface area contributed by atoms with E-state index in [1.54, 1.807) is 18.4 Å². The molecule has 3 rings (SSSR count). The van der Waals surface area contributed by atoms with Crippen LogP contribution in [0, 0.1) is 5.82 Å². The number of thiophene rings is 1. The fourth-order valence-corrected chi connectivity index (χ4v) is 3.82.